The van der Waals surface area contributed by atoms with E-state index >= 15 is 0 Å². The van der Waals surface area contributed by atoms with Crippen LogP contribution in [0.25, 0.3) is 0 Å². The van der Waals surface area contributed by atoms with Gasteiger partial charge in [0.05, 0.1) is 50.7 Å². The number of carbonyl (C=O) groups is 2. The highest BCUT2D eigenvalue weighted by Crippen LogP contribution is 2.24. The lowest BCUT2D eigenvalue weighted by Gasteiger charge is -2.40. The fourth-order valence-electron chi connectivity index (χ4n) is 5.29. The molecule has 0 radical (unpaired) electrons. The van der Waals surface area contributed by atoms with Crippen LogP contribution in [0.1, 0.15) is 26.7 Å². The largest absolute Gasteiger partial charge is 0.394 e. The van der Waals surface area contributed by atoms with Crippen molar-refractivity contribution in [1.82, 2.24) is 10.6 Å². The van der Waals surface area contributed by atoms with Gasteiger partial charge in [0, 0.05) is 48.4 Å². The van der Waals surface area contributed by atoms with Gasteiger partial charge in [-0.3, -0.25) is 9.59 Å². The van der Waals surface area contributed by atoms with Gasteiger partial charge >= 0.3 is 0 Å². The maximum Gasteiger partial charge on any atom is 0.297 e. The number of aliphatic hydroxyl groups is 10. The average molecular weight is 905 g/mol. The zero-order chi connectivity index (χ0) is 48.7. The van der Waals surface area contributed by atoms with Crippen molar-refractivity contribution >= 4 is 11.8 Å². The molecule has 0 aromatic rings. The Hall–Kier alpha value is -6.90. The third kappa shape index (κ3) is 20.7. The lowest BCUT2D eigenvalue weighted by molar-refractivity contribution is -0.303. The first kappa shape index (κ1) is 55.2. The molecule has 12 N–H and O–H groups in total. The van der Waals surface area contributed by atoms with Gasteiger partial charge in [0.2, 0.25) is 5.91 Å². The lowest BCUT2D eigenvalue weighted by Crippen LogP contribution is -2.60. The monoisotopic (exact) mass is 904 g/mol. The SMILES string of the molecule is CC#CC#CC#CC#CC#CC#CC#CC#CC#CC#CC#CC#CC(=O)N[C@@H](CO[C@@H]1OC(CO)[C@H](O)[C@H](O)C1O)[C@H](O)CC[C@@H](O)[C@H](CO[C@@H]1OC(CO)[C@H](O)[C@H](O)C1O)NC(C)=O. The number of amides is 2. The van der Waals surface area contributed by atoms with E-state index in [4.69, 9.17) is 18.9 Å². The zero-order valence-corrected chi connectivity index (χ0v) is 35.2. The predicted octanol–water partition coefficient (Wildman–Crippen LogP) is -6.83. The van der Waals surface area contributed by atoms with E-state index in [0.717, 1.165) is 6.92 Å². The second-order valence-electron chi connectivity index (χ2n) is 13.3. The first-order valence-corrected chi connectivity index (χ1v) is 19.5. The highest BCUT2D eigenvalue weighted by molar-refractivity contribution is 5.94. The van der Waals surface area contributed by atoms with Gasteiger partial charge in [0.25, 0.3) is 5.91 Å². The Balaban J connectivity index is 2.08. The molecule has 0 aliphatic carbocycles. The van der Waals surface area contributed by atoms with Crippen LogP contribution >= 0.6 is 0 Å². The maximum atomic E-state index is 12.8. The molecule has 0 aromatic carbocycles. The Morgan fingerprint density at radius 2 is 0.818 bits per heavy atom. The Bertz CT molecular complexity index is 2470. The van der Waals surface area contributed by atoms with Gasteiger partial charge in [-0.1, -0.05) is 5.92 Å². The number of hydrogen-bond acceptors (Lipinski definition) is 16. The van der Waals surface area contributed by atoms with E-state index < -0.39 is 124 Å². The summed E-state index contributed by atoms with van der Waals surface area (Å²) in [6.45, 7) is 0.185. The highest BCUT2D eigenvalue weighted by Gasteiger charge is 2.45. The molecule has 2 amide bonds. The fourth-order valence-corrected chi connectivity index (χ4v) is 5.29. The summed E-state index contributed by atoms with van der Waals surface area (Å²) in [6.07, 6.45) is -19.9. The Kier molecular flexibility index (Phi) is 26.7. The summed E-state index contributed by atoms with van der Waals surface area (Å²) >= 11 is 0. The van der Waals surface area contributed by atoms with Crippen molar-refractivity contribution in [3.63, 3.8) is 0 Å². The molecule has 0 aromatic heterocycles. The van der Waals surface area contributed by atoms with E-state index in [-0.39, 0.29) is 12.8 Å². The van der Waals surface area contributed by atoms with Gasteiger partial charge in [-0.25, -0.2) is 0 Å². The van der Waals surface area contributed by atoms with Crippen LogP contribution in [-0.4, -0.2) is 175 Å². The molecule has 2 heterocycles. The topological polar surface area (TPSA) is 297 Å². The molecule has 2 aliphatic rings. The zero-order valence-electron chi connectivity index (χ0n) is 35.2. The minimum absolute atomic E-state index is 0.277. The number of nitrogens with one attached hydrogen (secondary N) is 2. The van der Waals surface area contributed by atoms with Gasteiger partial charge in [0.1, 0.15) is 48.8 Å². The summed E-state index contributed by atoms with van der Waals surface area (Å²) in [4.78, 5) is 24.7. The third-order valence-corrected chi connectivity index (χ3v) is 8.58. The quantitative estimate of drug-likeness (QED) is 0.0681. The van der Waals surface area contributed by atoms with E-state index in [9.17, 15) is 60.7 Å². The number of ether oxygens (including phenoxy) is 4. The Labute approximate surface area is 382 Å². The van der Waals surface area contributed by atoms with Crippen LogP contribution in [0.4, 0.5) is 0 Å². The van der Waals surface area contributed by atoms with Crippen LogP contribution in [0.2, 0.25) is 0 Å². The van der Waals surface area contributed by atoms with E-state index in [1.54, 1.807) is 6.92 Å². The average Bonchev–Trinajstić information content (AvgIpc) is 3.30. The third-order valence-electron chi connectivity index (χ3n) is 8.58. The predicted molar refractivity (Wildman–Crippen MR) is 229 cm³/mol. The molecule has 66 heavy (non-hydrogen) atoms. The molecule has 0 spiro atoms. The van der Waals surface area contributed by atoms with Crippen LogP contribution in [-0.2, 0) is 28.5 Å². The van der Waals surface area contributed by atoms with Gasteiger partial charge in [-0.2, -0.15) is 0 Å². The second kappa shape index (κ2) is 31.9. The number of rotatable bonds is 15. The lowest BCUT2D eigenvalue weighted by atomic mass is 9.98. The highest BCUT2D eigenvalue weighted by atomic mass is 16.7. The standard InChI is InChI=1S/C48H44N2O16/c1-3-4-5-6-7-8-9-10-11-12-13-14-15-16-17-18-19-20-21-22-23-24-25-26-40(56)50-35(32-64-48-46(62)44(60)42(58)39(30-52)66-48)37(55)28-27-36(54)34(49-33(2)53)31-63-47-45(61)43(59)41(57)38(29-51)65-47/h34-39,41-48,51-52,54-55,57-62H,27-32H2,1-2H3,(H,49,53)(H,50,56)/t34-,35-,36+,37+,38?,39?,41-,42-,43-,44-,45?,46?,47+,48+/m0/s1. The van der Waals surface area contributed by atoms with Crippen molar-refractivity contribution in [1.29, 1.82) is 0 Å². The molecular formula is C48H44N2O16. The summed E-state index contributed by atoms with van der Waals surface area (Å²) in [5, 5.41) is 107. The molecule has 2 rings (SSSR count). The molecular weight excluding hydrogens is 861 g/mol. The summed E-state index contributed by atoms with van der Waals surface area (Å²) < 4.78 is 21.6. The molecule has 0 saturated carbocycles. The molecule has 2 aliphatic heterocycles. The van der Waals surface area contributed by atoms with Crippen LogP contribution < -0.4 is 10.6 Å². The van der Waals surface area contributed by atoms with Crippen molar-refractivity contribution in [3.8, 4) is 142 Å². The molecule has 18 nitrogen and oxygen atoms in total. The van der Waals surface area contributed by atoms with Gasteiger partial charge in [-0.15, -0.1) is 0 Å². The number of aliphatic hydroxyl groups excluding tert-OH is 10. The van der Waals surface area contributed by atoms with Gasteiger partial charge in [-0.05, 0) is 114 Å². The van der Waals surface area contributed by atoms with Crippen molar-refractivity contribution in [2.75, 3.05) is 26.4 Å². The van der Waals surface area contributed by atoms with E-state index in [1.165, 1.54) is 0 Å². The maximum absolute atomic E-state index is 12.8. The Morgan fingerprint density at radius 3 is 1.14 bits per heavy atom. The second-order valence-corrected chi connectivity index (χ2v) is 13.3. The van der Waals surface area contributed by atoms with Crippen molar-refractivity contribution in [2.45, 2.75) is 112 Å². The van der Waals surface area contributed by atoms with Crippen molar-refractivity contribution < 1.29 is 79.6 Å². The smallest absolute Gasteiger partial charge is 0.297 e. The van der Waals surface area contributed by atoms with Crippen LogP contribution in [0.3, 0.4) is 0 Å². The molecule has 14 atom stereocenters. The minimum atomic E-state index is -1.82. The molecule has 342 valence electrons. The Morgan fingerprint density at radius 1 is 0.500 bits per heavy atom. The van der Waals surface area contributed by atoms with Crippen LogP contribution in [0.15, 0.2) is 0 Å². The molecule has 2 fully saturated rings. The van der Waals surface area contributed by atoms with Crippen LogP contribution in [0.5, 0.6) is 0 Å². The number of carbonyl (C=O) groups excluding carboxylic acids is 2. The van der Waals surface area contributed by atoms with Crippen molar-refractivity contribution in [2.24, 2.45) is 0 Å². The van der Waals surface area contributed by atoms with Crippen molar-refractivity contribution in [3.05, 3.63) is 0 Å². The normalized spacial score (nSPS) is 24.7. The van der Waals surface area contributed by atoms with E-state index in [1.807, 2.05) is 0 Å². The van der Waals surface area contributed by atoms with E-state index in [0.29, 0.717) is 0 Å². The van der Waals surface area contributed by atoms with Gasteiger partial charge in [0.15, 0.2) is 12.6 Å². The molecule has 4 unspecified atom stereocenters. The minimum Gasteiger partial charge on any atom is -0.394 e. The summed E-state index contributed by atoms with van der Waals surface area (Å²) in [5.74, 6) is 56.8. The fraction of sp³-hybridized carbons (Fsp3) is 0.458. The van der Waals surface area contributed by atoms with Gasteiger partial charge < -0.3 is 80.6 Å². The number of hydrogen-bond donors (Lipinski definition) is 12. The first-order chi connectivity index (χ1) is 31.7. The summed E-state index contributed by atoms with van der Waals surface area (Å²) in [5.41, 5.74) is 0. The summed E-state index contributed by atoms with van der Waals surface area (Å²) in [7, 11) is 0. The summed E-state index contributed by atoms with van der Waals surface area (Å²) in [6, 6.07) is -2.55. The van der Waals surface area contributed by atoms with Crippen LogP contribution in [0, 0.1) is 142 Å². The van der Waals surface area contributed by atoms with E-state index in [2.05, 4.69) is 153 Å². The molecule has 2 saturated heterocycles. The molecule has 0 bridgehead atoms. The first-order valence-electron chi connectivity index (χ1n) is 19.5. The molecule has 18 heteroatoms.